The Morgan fingerprint density at radius 2 is 1.94 bits per heavy atom. The van der Waals surface area contributed by atoms with Crippen molar-refractivity contribution in [1.29, 1.82) is 0 Å². The third-order valence-electron chi connectivity index (χ3n) is 4.85. The fraction of sp³-hybridized carbons (Fsp3) is 0.769. The molecule has 0 radical (unpaired) electrons. The fourth-order valence-corrected chi connectivity index (χ4v) is 4.58. The molecule has 0 aromatic heterocycles. The summed E-state index contributed by atoms with van der Waals surface area (Å²) < 4.78 is 0. The van der Waals surface area contributed by atoms with E-state index in [9.17, 15) is 4.79 Å². The van der Waals surface area contributed by atoms with Gasteiger partial charge in [-0.15, -0.1) is 0 Å². The topological polar surface area (TPSA) is 55.1 Å². The first-order valence-electron chi connectivity index (χ1n) is 6.32. The molecule has 0 spiro atoms. The largest absolute Gasteiger partial charge is 0.348 e. The first kappa shape index (κ1) is 10.3. The van der Waals surface area contributed by atoms with Crippen LogP contribution in [0.15, 0.2) is 12.7 Å². The van der Waals surface area contributed by atoms with Gasteiger partial charge in [-0.2, -0.15) is 0 Å². The second-order valence-electron chi connectivity index (χ2n) is 6.03. The van der Waals surface area contributed by atoms with Crippen LogP contribution in [0.4, 0.5) is 0 Å². The zero-order valence-corrected chi connectivity index (χ0v) is 9.61. The molecule has 3 unspecified atom stereocenters. The number of hydrogen-bond acceptors (Lipinski definition) is 2. The van der Waals surface area contributed by atoms with Gasteiger partial charge in [-0.1, -0.05) is 6.58 Å². The second-order valence-corrected chi connectivity index (χ2v) is 6.03. The summed E-state index contributed by atoms with van der Waals surface area (Å²) in [5, 5.41) is 3.07. The third kappa shape index (κ3) is 1.41. The van der Waals surface area contributed by atoms with Crippen LogP contribution in [0, 0.1) is 17.8 Å². The fourth-order valence-electron chi connectivity index (χ4n) is 4.58. The SMILES string of the molecule is C=CC(=O)NC1C2CC3CC(C2)CC1(N)C3. The van der Waals surface area contributed by atoms with Crippen molar-refractivity contribution in [2.45, 2.75) is 43.7 Å². The van der Waals surface area contributed by atoms with Crippen molar-refractivity contribution in [2.24, 2.45) is 23.5 Å². The van der Waals surface area contributed by atoms with Crippen LogP contribution < -0.4 is 11.1 Å². The normalized spacial score (nSPS) is 49.1. The number of carbonyl (C=O) groups excluding carboxylic acids is 1. The molecule has 3 heteroatoms. The van der Waals surface area contributed by atoms with Crippen LogP contribution in [0.1, 0.15) is 32.1 Å². The number of nitrogens with two attached hydrogens (primary N) is 1. The third-order valence-corrected chi connectivity index (χ3v) is 4.85. The molecule has 16 heavy (non-hydrogen) atoms. The van der Waals surface area contributed by atoms with E-state index in [4.69, 9.17) is 5.73 Å². The van der Waals surface area contributed by atoms with Crippen LogP contribution in [0.5, 0.6) is 0 Å². The summed E-state index contributed by atoms with van der Waals surface area (Å²) in [6.45, 7) is 3.51. The molecule has 0 saturated heterocycles. The summed E-state index contributed by atoms with van der Waals surface area (Å²) in [6, 6.07) is 0.186. The average molecular weight is 220 g/mol. The summed E-state index contributed by atoms with van der Waals surface area (Å²) in [4.78, 5) is 11.5. The summed E-state index contributed by atoms with van der Waals surface area (Å²) >= 11 is 0. The van der Waals surface area contributed by atoms with Crippen LogP contribution in [0.2, 0.25) is 0 Å². The Balaban J connectivity index is 1.83. The Labute approximate surface area is 96.5 Å². The van der Waals surface area contributed by atoms with Crippen LogP contribution in [0.25, 0.3) is 0 Å². The molecular formula is C13H20N2O. The maximum absolute atomic E-state index is 11.5. The average Bonchev–Trinajstić information content (AvgIpc) is 2.21. The Hall–Kier alpha value is -0.830. The van der Waals surface area contributed by atoms with E-state index in [2.05, 4.69) is 11.9 Å². The lowest BCUT2D eigenvalue weighted by molar-refractivity contribution is -0.121. The lowest BCUT2D eigenvalue weighted by Crippen LogP contribution is -2.70. The van der Waals surface area contributed by atoms with E-state index in [-0.39, 0.29) is 17.5 Å². The summed E-state index contributed by atoms with van der Waals surface area (Å²) in [5.41, 5.74) is 6.39. The van der Waals surface area contributed by atoms with Crippen molar-refractivity contribution in [3.8, 4) is 0 Å². The number of nitrogens with one attached hydrogen (secondary N) is 1. The Morgan fingerprint density at radius 1 is 1.31 bits per heavy atom. The minimum atomic E-state index is -0.132. The van der Waals surface area contributed by atoms with E-state index in [0.29, 0.717) is 5.92 Å². The van der Waals surface area contributed by atoms with Gasteiger partial charge in [0, 0.05) is 11.6 Å². The smallest absolute Gasteiger partial charge is 0.243 e. The van der Waals surface area contributed by atoms with Crippen molar-refractivity contribution < 1.29 is 4.79 Å². The van der Waals surface area contributed by atoms with E-state index in [0.717, 1.165) is 24.7 Å². The minimum Gasteiger partial charge on any atom is -0.348 e. The van der Waals surface area contributed by atoms with Gasteiger partial charge in [0.2, 0.25) is 5.91 Å². The highest BCUT2D eigenvalue weighted by Crippen LogP contribution is 2.54. The van der Waals surface area contributed by atoms with E-state index >= 15 is 0 Å². The minimum absolute atomic E-state index is 0.0673. The van der Waals surface area contributed by atoms with Gasteiger partial charge >= 0.3 is 0 Å². The summed E-state index contributed by atoms with van der Waals surface area (Å²) in [7, 11) is 0. The molecule has 3 nitrogen and oxygen atoms in total. The van der Waals surface area contributed by atoms with Crippen molar-refractivity contribution in [3.05, 3.63) is 12.7 Å². The van der Waals surface area contributed by atoms with Gasteiger partial charge in [0.1, 0.15) is 0 Å². The molecule has 4 rings (SSSR count). The predicted molar refractivity (Wildman–Crippen MR) is 62.6 cm³/mol. The van der Waals surface area contributed by atoms with Crippen LogP contribution >= 0.6 is 0 Å². The molecule has 88 valence electrons. The van der Waals surface area contributed by atoms with Gasteiger partial charge in [-0.05, 0) is 55.9 Å². The number of carbonyl (C=O) groups is 1. The molecule has 3 atom stereocenters. The lowest BCUT2D eigenvalue weighted by atomic mass is 9.51. The Bertz CT molecular complexity index is 325. The van der Waals surface area contributed by atoms with E-state index in [1.807, 2.05) is 0 Å². The zero-order valence-electron chi connectivity index (χ0n) is 9.61. The van der Waals surface area contributed by atoms with Crippen LogP contribution in [-0.4, -0.2) is 17.5 Å². The molecular weight excluding hydrogens is 200 g/mol. The van der Waals surface area contributed by atoms with Crippen LogP contribution in [-0.2, 0) is 4.79 Å². The number of hydrogen-bond donors (Lipinski definition) is 2. The zero-order chi connectivity index (χ0) is 11.3. The van der Waals surface area contributed by atoms with Gasteiger partial charge in [-0.25, -0.2) is 0 Å². The van der Waals surface area contributed by atoms with Gasteiger partial charge in [0.15, 0.2) is 0 Å². The first-order valence-corrected chi connectivity index (χ1v) is 6.32. The van der Waals surface area contributed by atoms with Gasteiger partial charge in [-0.3, -0.25) is 4.79 Å². The highest BCUT2D eigenvalue weighted by Gasteiger charge is 2.55. The molecule has 4 aliphatic rings. The van der Waals surface area contributed by atoms with Crippen molar-refractivity contribution in [2.75, 3.05) is 0 Å². The van der Waals surface area contributed by atoms with Gasteiger partial charge in [0.25, 0.3) is 0 Å². The molecule has 1 amide bonds. The predicted octanol–water partition coefficient (Wildman–Crippen LogP) is 1.19. The molecule has 0 aromatic carbocycles. The Kier molecular flexibility index (Phi) is 2.15. The molecule has 0 heterocycles. The highest BCUT2D eigenvalue weighted by atomic mass is 16.1. The molecule has 4 bridgehead atoms. The van der Waals surface area contributed by atoms with Crippen molar-refractivity contribution >= 4 is 5.91 Å². The summed E-state index contributed by atoms with van der Waals surface area (Å²) in [5.74, 6) is 2.18. The summed E-state index contributed by atoms with van der Waals surface area (Å²) in [6.07, 6.45) is 7.45. The van der Waals surface area contributed by atoms with E-state index in [1.54, 1.807) is 0 Å². The quantitative estimate of drug-likeness (QED) is 0.687. The molecule has 3 N–H and O–H groups in total. The number of rotatable bonds is 2. The standard InChI is InChI=1S/C13H20N2O/c1-2-11(16)15-12-10-4-8-3-9(5-10)7-13(12,14)6-8/h2,8-10,12H,1,3-7,14H2,(H,15,16). The van der Waals surface area contributed by atoms with Crippen LogP contribution in [0.3, 0.4) is 0 Å². The van der Waals surface area contributed by atoms with Crippen molar-refractivity contribution in [1.82, 2.24) is 5.32 Å². The van der Waals surface area contributed by atoms with E-state index < -0.39 is 0 Å². The van der Waals surface area contributed by atoms with E-state index in [1.165, 1.54) is 25.3 Å². The molecule has 0 aromatic rings. The number of amides is 1. The molecule has 4 saturated carbocycles. The molecule has 0 aliphatic heterocycles. The monoisotopic (exact) mass is 220 g/mol. The maximum Gasteiger partial charge on any atom is 0.243 e. The van der Waals surface area contributed by atoms with Gasteiger partial charge < -0.3 is 11.1 Å². The maximum atomic E-state index is 11.5. The van der Waals surface area contributed by atoms with Crippen molar-refractivity contribution in [3.63, 3.8) is 0 Å². The first-order chi connectivity index (χ1) is 7.60. The molecule has 4 fully saturated rings. The second kappa shape index (κ2) is 3.33. The Morgan fingerprint density at radius 3 is 2.44 bits per heavy atom. The highest BCUT2D eigenvalue weighted by molar-refractivity contribution is 5.87. The van der Waals surface area contributed by atoms with Gasteiger partial charge in [0.05, 0.1) is 0 Å². The lowest BCUT2D eigenvalue weighted by Gasteiger charge is -2.59. The molecule has 4 aliphatic carbocycles.